The molecule has 1 aliphatic heterocycles. The molecule has 0 aliphatic carbocycles. The van der Waals surface area contributed by atoms with Gasteiger partial charge in [-0.1, -0.05) is 18.2 Å². The molecule has 29 heavy (non-hydrogen) atoms. The first-order chi connectivity index (χ1) is 14.1. The van der Waals surface area contributed by atoms with E-state index < -0.39 is 0 Å². The van der Waals surface area contributed by atoms with E-state index in [-0.39, 0.29) is 18.6 Å². The molecule has 7 nitrogen and oxygen atoms in total. The van der Waals surface area contributed by atoms with E-state index in [4.69, 9.17) is 9.47 Å². The Morgan fingerprint density at radius 1 is 1.14 bits per heavy atom. The van der Waals surface area contributed by atoms with Crippen LogP contribution in [0.15, 0.2) is 60.0 Å². The number of para-hydroxylation sites is 1. The van der Waals surface area contributed by atoms with Crippen molar-refractivity contribution >= 4 is 45.7 Å². The molecular formula is C21H17N3O4S. The summed E-state index contributed by atoms with van der Waals surface area (Å²) >= 11 is 1.33. The van der Waals surface area contributed by atoms with Gasteiger partial charge in [0, 0.05) is 30.1 Å². The highest BCUT2D eigenvalue weighted by atomic mass is 32.1. The predicted octanol–water partition coefficient (Wildman–Crippen LogP) is 4.21. The zero-order valence-corrected chi connectivity index (χ0v) is 16.3. The van der Waals surface area contributed by atoms with E-state index >= 15 is 0 Å². The Bertz CT molecular complexity index is 1080. The first-order valence-corrected chi connectivity index (χ1v) is 9.68. The second-order valence-electron chi connectivity index (χ2n) is 6.14. The van der Waals surface area contributed by atoms with Crippen LogP contribution in [0, 0.1) is 0 Å². The molecule has 1 aliphatic rings. The van der Waals surface area contributed by atoms with Crippen molar-refractivity contribution in [2.75, 3.05) is 17.0 Å². The number of nitrogens with zero attached hydrogens (tertiary/aromatic N) is 2. The number of thiazole rings is 1. The van der Waals surface area contributed by atoms with Gasteiger partial charge < -0.3 is 14.8 Å². The second kappa shape index (κ2) is 8.15. The van der Waals surface area contributed by atoms with E-state index in [1.54, 1.807) is 29.7 Å². The molecule has 0 fully saturated rings. The fourth-order valence-corrected chi connectivity index (χ4v) is 3.63. The van der Waals surface area contributed by atoms with Crippen molar-refractivity contribution in [1.29, 1.82) is 0 Å². The topological polar surface area (TPSA) is 80.8 Å². The third-order valence-electron chi connectivity index (χ3n) is 4.08. The SMILES string of the molecule is CC(=O)N(c1ccccc1)c1nc(C=CC(=O)Nc2ccc3c(c2)OCO3)cs1. The number of benzene rings is 2. The van der Waals surface area contributed by atoms with Gasteiger partial charge in [-0.2, -0.15) is 0 Å². The third-order valence-corrected chi connectivity index (χ3v) is 4.92. The highest BCUT2D eigenvalue weighted by molar-refractivity contribution is 7.14. The van der Waals surface area contributed by atoms with Gasteiger partial charge in [-0.15, -0.1) is 11.3 Å². The van der Waals surface area contributed by atoms with E-state index in [1.807, 2.05) is 30.3 Å². The molecule has 0 atom stereocenters. The van der Waals surface area contributed by atoms with Crippen LogP contribution in [0.4, 0.5) is 16.5 Å². The molecule has 0 bridgehead atoms. The van der Waals surface area contributed by atoms with E-state index in [0.29, 0.717) is 28.0 Å². The molecule has 146 valence electrons. The van der Waals surface area contributed by atoms with E-state index in [1.165, 1.54) is 29.2 Å². The normalized spacial score (nSPS) is 12.2. The smallest absolute Gasteiger partial charge is 0.248 e. The first-order valence-electron chi connectivity index (χ1n) is 8.80. The number of rotatable bonds is 5. The molecule has 2 heterocycles. The van der Waals surface area contributed by atoms with Gasteiger partial charge in [-0.05, 0) is 30.3 Å². The Kier molecular flexibility index (Phi) is 5.26. The van der Waals surface area contributed by atoms with Crippen LogP contribution in [0.2, 0.25) is 0 Å². The van der Waals surface area contributed by atoms with Gasteiger partial charge in [0.1, 0.15) is 0 Å². The Morgan fingerprint density at radius 3 is 2.72 bits per heavy atom. The number of anilines is 3. The van der Waals surface area contributed by atoms with Crippen molar-refractivity contribution < 1.29 is 19.1 Å². The van der Waals surface area contributed by atoms with Gasteiger partial charge in [-0.3, -0.25) is 14.5 Å². The number of nitrogens with one attached hydrogen (secondary N) is 1. The summed E-state index contributed by atoms with van der Waals surface area (Å²) in [5.74, 6) is 0.815. The van der Waals surface area contributed by atoms with Crippen LogP contribution in [-0.2, 0) is 9.59 Å². The highest BCUT2D eigenvalue weighted by Crippen LogP contribution is 2.34. The summed E-state index contributed by atoms with van der Waals surface area (Å²) in [7, 11) is 0. The summed E-state index contributed by atoms with van der Waals surface area (Å²) in [6, 6.07) is 14.5. The van der Waals surface area contributed by atoms with Gasteiger partial charge in [0.15, 0.2) is 16.6 Å². The maximum absolute atomic E-state index is 12.2. The summed E-state index contributed by atoms with van der Waals surface area (Å²) < 4.78 is 10.5. The lowest BCUT2D eigenvalue weighted by Crippen LogP contribution is -2.22. The summed E-state index contributed by atoms with van der Waals surface area (Å²) in [6.07, 6.45) is 3.00. The summed E-state index contributed by atoms with van der Waals surface area (Å²) in [5, 5.41) is 5.10. The number of fused-ring (bicyclic) bond motifs is 1. The Labute approximate surface area is 171 Å². The van der Waals surface area contributed by atoms with Gasteiger partial charge in [-0.25, -0.2) is 4.98 Å². The predicted molar refractivity (Wildman–Crippen MR) is 112 cm³/mol. The summed E-state index contributed by atoms with van der Waals surface area (Å²) in [5.41, 5.74) is 1.94. The lowest BCUT2D eigenvalue weighted by Gasteiger charge is -2.17. The number of aromatic nitrogens is 1. The molecular weight excluding hydrogens is 390 g/mol. The average molecular weight is 407 g/mol. The summed E-state index contributed by atoms with van der Waals surface area (Å²) in [6.45, 7) is 1.67. The molecule has 8 heteroatoms. The van der Waals surface area contributed by atoms with Crippen molar-refractivity contribution in [3.63, 3.8) is 0 Å². The fraction of sp³-hybridized carbons (Fsp3) is 0.0952. The minimum absolute atomic E-state index is 0.137. The third kappa shape index (κ3) is 4.27. The lowest BCUT2D eigenvalue weighted by molar-refractivity contribution is -0.116. The van der Waals surface area contributed by atoms with Crippen LogP contribution >= 0.6 is 11.3 Å². The number of carbonyl (C=O) groups is 2. The van der Waals surface area contributed by atoms with E-state index in [9.17, 15) is 9.59 Å². The maximum Gasteiger partial charge on any atom is 0.248 e. The molecule has 0 saturated carbocycles. The molecule has 0 spiro atoms. The molecule has 2 aromatic carbocycles. The van der Waals surface area contributed by atoms with Crippen molar-refractivity contribution in [3.8, 4) is 11.5 Å². The van der Waals surface area contributed by atoms with Gasteiger partial charge >= 0.3 is 0 Å². The Balaban J connectivity index is 1.44. The maximum atomic E-state index is 12.2. The number of amides is 2. The van der Waals surface area contributed by atoms with Crippen molar-refractivity contribution in [1.82, 2.24) is 4.98 Å². The number of ether oxygens (including phenoxy) is 2. The number of carbonyl (C=O) groups excluding carboxylic acids is 2. The molecule has 0 unspecified atom stereocenters. The number of hydrogen-bond donors (Lipinski definition) is 1. The van der Waals surface area contributed by atoms with Crippen LogP contribution in [0.25, 0.3) is 6.08 Å². The molecule has 4 rings (SSSR count). The van der Waals surface area contributed by atoms with Crippen LogP contribution in [-0.4, -0.2) is 23.6 Å². The van der Waals surface area contributed by atoms with Gasteiger partial charge in [0.05, 0.1) is 11.4 Å². The molecule has 3 aromatic rings. The van der Waals surface area contributed by atoms with Crippen molar-refractivity contribution in [2.24, 2.45) is 0 Å². The minimum atomic E-state index is -0.301. The zero-order chi connectivity index (χ0) is 20.2. The minimum Gasteiger partial charge on any atom is -0.454 e. The van der Waals surface area contributed by atoms with Crippen LogP contribution in [0.5, 0.6) is 11.5 Å². The molecule has 1 N–H and O–H groups in total. The highest BCUT2D eigenvalue weighted by Gasteiger charge is 2.17. The van der Waals surface area contributed by atoms with Crippen molar-refractivity contribution in [2.45, 2.75) is 6.92 Å². The first kappa shape index (κ1) is 18.7. The second-order valence-corrected chi connectivity index (χ2v) is 6.97. The molecule has 0 saturated heterocycles. The van der Waals surface area contributed by atoms with E-state index in [2.05, 4.69) is 10.3 Å². The summed E-state index contributed by atoms with van der Waals surface area (Å²) in [4.78, 5) is 30.3. The van der Waals surface area contributed by atoms with Gasteiger partial charge in [0.25, 0.3) is 0 Å². The zero-order valence-electron chi connectivity index (χ0n) is 15.5. The number of hydrogen-bond acceptors (Lipinski definition) is 6. The van der Waals surface area contributed by atoms with Crippen LogP contribution in [0.1, 0.15) is 12.6 Å². The van der Waals surface area contributed by atoms with Crippen molar-refractivity contribution in [3.05, 3.63) is 65.7 Å². The van der Waals surface area contributed by atoms with Gasteiger partial charge in [0.2, 0.25) is 18.6 Å². The molecule has 0 radical (unpaired) electrons. The largest absolute Gasteiger partial charge is 0.454 e. The standard InChI is InChI=1S/C21H17N3O4S/c1-14(25)24(17-5-3-2-4-6-17)21-23-16(12-29-21)8-10-20(26)22-15-7-9-18-19(11-15)28-13-27-18/h2-12H,13H2,1H3,(H,22,26). The fourth-order valence-electron chi connectivity index (χ4n) is 2.78. The quantitative estimate of drug-likeness (QED) is 0.641. The molecule has 2 amide bonds. The Morgan fingerprint density at radius 2 is 1.93 bits per heavy atom. The van der Waals surface area contributed by atoms with E-state index in [0.717, 1.165) is 5.69 Å². The Hall–Kier alpha value is -3.65. The lowest BCUT2D eigenvalue weighted by atomic mass is 10.2. The van der Waals surface area contributed by atoms with Crippen LogP contribution in [0.3, 0.4) is 0 Å². The van der Waals surface area contributed by atoms with Crippen LogP contribution < -0.4 is 19.7 Å². The average Bonchev–Trinajstić information content (AvgIpc) is 3.36. The monoisotopic (exact) mass is 407 g/mol. The molecule has 1 aromatic heterocycles.